The highest BCUT2D eigenvalue weighted by molar-refractivity contribution is 6.18. The summed E-state index contributed by atoms with van der Waals surface area (Å²) in [6.07, 6.45) is 3.03. The Morgan fingerprint density at radius 1 is 1.71 bits per heavy atom. The molecule has 1 atom stereocenters. The molecule has 1 aromatic rings. The summed E-state index contributed by atoms with van der Waals surface area (Å²) in [5.74, 6) is 0.176. The number of hydrogen-bond acceptors (Lipinski definition) is 3. The van der Waals surface area contributed by atoms with Gasteiger partial charge in [0.25, 0.3) is 11.6 Å². The van der Waals surface area contributed by atoms with Crippen LogP contribution in [0.3, 0.4) is 0 Å². The quantitative estimate of drug-likeness (QED) is 0.509. The van der Waals surface area contributed by atoms with Gasteiger partial charge in [0.15, 0.2) is 0 Å². The number of halogens is 1. The molecule has 1 aromatic heterocycles. The molecular formula is C10H12ClN3O3. The summed E-state index contributed by atoms with van der Waals surface area (Å²) in [4.78, 5) is 26.4. The monoisotopic (exact) mass is 257 g/mol. The molecule has 7 heteroatoms. The molecule has 6 nitrogen and oxygen atoms in total. The number of rotatable bonds is 3. The van der Waals surface area contributed by atoms with Crippen LogP contribution in [0.4, 0.5) is 5.69 Å². The second-order valence-corrected chi connectivity index (χ2v) is 4.29. The topological polar surface area (TPSA) is 79.2 Å². The summed E-state index contributed by atoms with van der Waals surface area (Å²) in [5.41, 5.74) is 0.142. The maximum absolute atomic E-state index is 12.1. The molecule has 0 spiro atoms. The van der Waals surface area contributed by atoms with E-state index in [1.807, 2.05) is 0 Å². The molecule has 1 aliphatic heterocycles. The first-order chi connectivity index (χ1) is 8.13. The molecule has 2 heterocycles. The van der Waals surface area contributed by atoms with Crippen LogP contribution in [0.15, 0.2) is 12.3 Å². The van der Waals surface area contributed by atoms with Crippen molar-refractivity contribution < 1.29 is 9.72 Å². The van der Waals surface area contributed by atoms with E-state index in [9.17, 15) is 14.9 Å². The zero-order valence-corrected chi connectivity index (χ0v) is 9.81. The highest BCUT2D eigenvalue weighted by atomic mass is 35.5. The number of nitrogens with one attached hydrogen (secondary N) is 1. The molecule has 0 radical (unpaired) electrons. The van der Waals surface area contributed by atoms with Gasteiger partial charge in [-0.1, -0.05) is 0 Å². The Morgan fingerprint density at radius 3 is 3.06 bits per heavy atom. The lowest BCUT2D eigenvalue weighted by molar-refractivity contribution is -0.384. The molecule has 0 saturated carbocycles. The predicted octanol–water partition coefficient (Wildman–Crippen LogP) is 1.77. The Hall–Kier alpha value is -1.56. The zero-order valence-electron chi connectivity index (χ0n) is 9.06. The average molecular weight is 258 g/mol. The van der Waals surface area contributed by atoms with Crippen LogP contribution in [-0.2, 0) is 0 Å². The van der Waals surface area contributed by atoms with Crippen LogP contribution in [0, 0.1) is 10.1 Å². The molecule has 0 bridgehead atoms. The van der Waals surface area contributed by atoms with Gasteiger partial charge in [-0.25, -0.2) is 0 Å². The molecule has 2 rings (SSSR count). The number of hydrogen-bond donors (Lipinski definition) is 1. The van der Waals surface area contributed by atoms with Crippen molar-refractivity contribution in [3.05, 3.63) is 28.1 Å². The third-order valence-electron chi connectivity index (χ3n) is 2.93. The number of likely N-dealkylation sites (tertiary alicyclic amines) is 1. The number of H-pyrrole nitrogens is 1. The van der Waals surface area contributed by atoms with Gasteiger partial charge in [0, 0.05) is 24.5 Å². The second-order valence-electron chi connectivity index (χ2n) is 3.98. The third-order valence-corrected chi connectivity index (χ3v) is 3.28. The molecule has 1 unspecified atom stereocenters. The predicted molar refractivity (Wildman–Crippen MR) is 62.2 cm³/mol. The van der Waals surface area contributed by atoms with Gasteiger partial charge in [-0.2, -0.15) is 0 Å². The summed E-state index contributed by atoms with van der Waals surface area (Å²) >= 11 is 5.78. The van der Waals surface area contributed by atoms with Crippen LogP contribution >= 0.6 is 11.6 Å². The van der Waals surface area contributed by atoms with Crippen molar-refractivity contribution in [3.8, 4) is 0 Å². The summed E-state index contributed by atoms with van der Waals surface area (Å²) in [6.45, 7) is 0.656. The molecular weight excluding hydrogens is 246 g/mol. The Bertz CT molecular complexity index is 446. The molecule has 1 amide bonds. The number of aromatic nitrogens is 1. The van der Waals surface area contributed by atoms with E-state index < -0.39 is 4.92 Å². The van der Waals surface area contributed by atoms with Crippen molar-refractivity contribution >= 4 is 23.2 Å². The minimum Gasteiger partial charge on any atom is -0.351 e. The van der Waals surface area contributed by atoms with Gasteiger partial charge in [-0.15, -0.1) is 11.6 Å². The minimum absolute atomic E-state index is 0.0338. The smallest absolute Gasteiger partial charge is 0.287 e. The highest BCUT2D eigenvalue weighted by Gasteiger charge is 2.30. The molecule has 1 N–H and O–H groups in total. The standard InChI is InChI=1S/C10H12ClN3O3/c11-5-7-2-1-3-13(7)10(15)9-4-8(6-12-9)14(16)17/h4,6-7,12H,1-3,5H2. The summed E-state index contributed by atoms with van der Waals surface area (Å²) < 4.78 is 0. The Labute approximate surface area is 103 Å². The number of nitrogens with zero attached hydrogens (tertiary/aromatic N) is 2. The Balaban J connectivity index is 2.16. The van der Waals surface area contributed by atoms with Gasteiger partial charge in [-0.3, -0.25) is 14.9 Å². The zero-order chi connectivity index (χ0) is 12.4. The van der Waals surface area contributed by atoms with Crippen LogP contribution < -0.4 is 0 Å². The van der Waals surface area contributed by atoms with E-state index in [-0.39, 0.29) is 23.3 Å². The number of aromatic amines is 1. The van der Waals surface area contributed by atoms with E-state index in [4.69, 9.17) is 11.6 Å². The minimum atomic E-state index is -0.531. The number of amides is 1. The average Bonchev–Trinajstić information content (AvgIpc) is 2.96. The van der Waals surface area contributed by atoms with Gasteiger partial charge >= 0.3 is 0 Å². The van der Waals surface area contributed by atoms with E-state index in [0.717, 1.165) is 12.8 Å². The van der Waals surface area contributed by atoms with Crippen LogP contribution in [0.2, 0.25) is 0 Å². The molecule has 0 aliphatic carbocycles. The van der Waals surface area contributed by atoms with E-state index >= 15 is 0 Å². The highest BCUT2D eigenvalue weighted by Crippen LogP contribution is 2.22. The number of carbonyl (C=O) groups excluding carboxylic acids is 1. The number of carbonyl (C=O) groups is 1. The lowest BCUT2D eigenvalue weighted by Crippen LogP contribution is -2.36. The number of nitro groups is 1. The van der Waals surface area contributed by atoms with Gasteiger partial charge in [0.2, 0.25) is 0 Å². The summed E-state index contributed by atoms with van der Waals surface area (Å²) in [6, 6.07) is 1.29. The summed E-state index contributed by atoms with van der Waals surface area (Å²) in [5, 5.41) is 10.5. The molecule has 1 fully saturated rings. The van der Waals surface area contributed by atoms with Crippen LogP contribution in [-0.4, -0.2) is 39.2 Å². The van der Waals surface area contributed by atoms with Gasteiger partial charge in [0.1, 0.15) is 5.69 Å². The molecule has 0 aromatic carbocycles. The van der Waals surface area contributed by atoms with Crippen molar-refractivity contribution in [2.45, 2.75) is 18.9 Å². The van der Waals surface area contributed by atoms with Crippen molar-refractivity contribution in [1.82, 2.24) is 9.88 Å². The Kier molecular flexibility index (Phi) is 3.33. The molecule has 92 valence electrons. The maximum Gasteiger partial charge on any atom is 0.287 e. The van der Waals surface area contributed by atoms with Gasteiger partial charge in [0.05, 0.1) is 11.1 Å². The van der Waals surface area contributed by atoms with Crippen LogP contribution in [0.5, 0.6) is 0 Å². The van der Waals surface area contributed by atoms with Crippen LogP contribution in [0.25, 0.3) is 0 Å². The van der Waals surface area contributed by atoms with Crippen molar-refractivity contribution in [2.24, 2.45) is 0 Å². The molecule has 17 heavy (non-hydrogen) atoms. The van der Waals surface area contributed by atoms with E-state index in [2.05, 4.69) is 4.98 Å². The summed E-state index contributed by atoms with van der Waals surface area (Å²) in [7, 11) is 0. The fraction of sp³-hybridized carbons (Fsp3) is 0.500. The SMILES string of the molecule is O=C(c1cc([N+](=O)[O-])c[nH]1)N1CCCC1CCl. The van der Waals surface area contributed by atoms with Crippen molar-refractivity contribution in [3.63, 3.8) is 0 Å². The van der Waals surface area contributed by atoms with Gasteiger partial charge < -0.3 is 9.88 Å². The fourth-order valence-corrected chi connectivity index (χ4v) is 2.35. The maximum atomic E-state index is 12.1. The lowest BCUT2D eigenvalue weighted by Gasteiger charge is -2.21. The number of alkyl halides is 1. The van der Waals surface area contributed by atoms with E-state index in [1.165, 1.54) is 12.3 Å². The second kappa shape index (κ2) is 4.75. The van der Waals surface area contributed by atoms with E-state index in [0.29, 0.717) is 12.4 Å². The van der Waals surface area contributed by atoms with Crippen LogP contribution in [0.1, 0.15) is 23.3 Å². The normalized spacial score (nSPS) is 19.6. The van der Waals surface area contributed by atoms with Gasteiger partial charge in [-0.05, 0) is 12.8 Å². The van der Waals surface area contributed by atoms with E-state index in [1.54, 1.807) is 4.90 Å². The largest absolute Gasteiger partial charge is 0.351 e. The first-order valence-corrected chi connectivity index (χ1v) is 5.86. The third kappa shape index (κ3) is 2.26. The van der Waals surface area contributed by atoms with Crippen molar-refractivity contribution in [2.75, 3.05) is 12.4 Å². The Morgan fingerprint density at radius 2 is 2.47 bits per heavy atom. The first kappa shape index (κ1) is 11.9. The lowest BCUT2D eigenvalue weighted by atomic mass is 10.2. The molecule has 1 saturated heterocycles. The fourth-order valence-electron chi connectivity index (χ4n) is 2.03. The molecule has 1 aliphatic rings. The van der Waals surface area contributed by atoms with Crippen molar-refractivity contribution in [1.29, 1.82) is 0 Å². The first-order valence-electron chi connectivity index (χ1n) is 5.33.